The van der Waals surface area contributed by atoms with Crippen LogP contribution in [0.3, 0.4) is 0 Å². The molecule has 0 saturated heterocycles. The summed E-state index contributed by atoms with van der Waals surface area (Å²) in [6, 6.07) is 23.3. The van der Waals surface area contributed by atoms with Crippen molar-refractivity contribution in [3.05, 3.63) is 84.1 Å². The van der Waals surface area contributed by atoms with E-state index in [2.05, 4.69) is 65.8 Å². The molecule has 1 aromatic heterocycles. The Balaban J connectivity index is 1.54. The lowest BCUT2D eigenvalue weighted by atomic mass is 10.00. The molecule has 0 aliphatic heterocycles. The van der Waals surface area contributed by atoms with E-state index in [4.69, 9.17) is 9.47 Å². The van der Waals surface area contributed by atoms with Crippen molar-refractivity contribution >= 4 is 10.9 Å². The van der Waals surface area contributed by atoms with Gasteiger partial charge in [0.1, 0.15) is 11.5 Å². The molecule has 4 rings (SSSR count). The van der Waals surface area contributed by atoms with Gasteiger partial charge in [-0.2, -0.15) is 0 Å². The molecule has 148 valence electrons. The van der Waals surface area contributed by atoms with E-state index >= 15 is 0 Å². The van der Waals surface area contributed by atoms with E-state index < -0.39 is 0 Å². The van der Waals surface area contributed by atoms with Gasteiger partial charge in [0.15, 0.2) is 0 Å². The van der Waals surface area contributed by atoms with Crippen molar-refractivity contribution in [3.8, 4) is 22.6 Å². The first-order chi connectivity index (χ1) is 14.2. The van der Waals surface area contributed by atoms with Crippen LogP contribution in [0.15, 0.2) is 72.9 Å². The average molecular weight is 386 g/mol. The second-order valence-electron chi connectivity index (χ2n) is 7.19. The highest BCUT2D eigenvalue weighted by Gasteiger charge is 2.10. The van der Waals surface area contributed by atoms with E-state index in [9.17, 15) is 0 Å². The van der Waals surface area contributed by atoms with Gasteiger partial charge in [0, 0.05) is 29.9 Å². The number of benzene rings is 3. The van der Waals surface area contributed by atoms with Crippen LogP contribution >= 0.6 is 0 Å². The molecule has 29 heavy (non-hydrogen) atoms. The maximum absolute atomic E-state index is 5.62. The van der Waals surface area contributed by atoms with Crippen molar-refractivity contribution in [1.29, 1.82) is 0 Å². The molecule has 0 fully saturated rings. The molecule has 0 spiro atoms. The van der Waals surface area contributed by atoms with Crippen LogP contribution in [0.4, 0.5) is 0 Å². The Kier molecular flexibility index (Phi) is 5.54. The Hall–Kier alpha value is -3.24. The predicted molar refractivity (Wildman–Crippen MR) is 119 cm³/mol. The van der Waals surface area contributed by atoms with Gasteiger partial charge in [0.2, 0.25) is 0 Å². The lowest BCUT2D eigenvalue weighted by molar-refractivity contribution is 0.414. The molecule has 4 heteroatoms. The Morgan fingerprint density at radius 1 is 0.897 bits per heavy atom. The van der Waals surface area contributed by atoms with Crippen LogP contribution in [0.5, 0.6) is 11.5 Å². The zero-order valence-electron chi connectivity index (χ0n) is 17.0. The quantitative estimate of drug-likeness (QED) is 0.428. The highest BCUT2D eigenvalue weighted by molar-refractivity contribution is 5.86. The van der Waals surface area contributed by atoms with Gasteiger partial charge in [-0.1, -0.05) is 24.3 Å². The lowest BCUT2D eigenvalue weighted by Gasteiger charge is -2.16. The maximum atomic E-state index is 5.62. The van der Waals surface area contributed by atoms with Crippen molar-refractivity contribution in [2.24, 2.45) is 0 Å². The zero-order chi connectivity index (χ0) is 20.2. The predicted octanol–water partition coefficient (Wildman–Crippen LogP) is 5.70. The molecule has 1 heterocycles. The number of rotatable bonds is 7. The van der Waals surface area contributed by atoms with Gasteiger partial charge in [-0.15, -0.1) is 0 Å². The molecule has 0 bridgehead atoms. The van der Waals surface area contributed by atoms with E-state index in [1.165, 1.54) is 16.5 Å². The molecule has 1 unspecified atom stereocenters. The molecule has 0 aliphatic carbocycles. The number of ether oxygens (including phenoxy) is 2. The Morgan fingerprint density at radius 2 is 1.72 bits per heavy atom. The van der Waals surface area contributed by atoms with Gasteiger partial charge < -0.3 is 19.8 Å². The SMILES string of the molecule is COc1ccc(C(C)NCc2ccc(OC)c(-c3ccc4[nH]ccc4c3)c2)cc1. The highest BCUT2D eigenvalue weighted by atomic mass is 16.5. The number of H-pyrrole nitrogens is 1. The molecule has 0 amide bonds. The Labute approximate surface area is 171 Å². The summed E-state index contributed by atoms with van der Waals surface area (Å²) in [4.78, 5) is 3.24. The Bertz CT molecular complexity index is 1100. The minimum atomic E-state index is 0.239. The number of methoxy groups -OCH3 is 2. The fourth-order valence-corrected chi connectivity index (χ4v) is 3.59. The van der Waals surface area contributed by atoms with Crippen molar-refractivity contribution in [2.45, 2.75) is 19.5 Å². The first-order valence-corrected chi connectivity index (χ1v) is 9.79. The van der Waals surface area contributed by atoms with Crippen molar-refractivity contribution in [2.75, 3.05) is 14.2 Å². The van der Waals surface area contributed by atoms with Gasteiger partial charge >= 0.3 is 0 Å². The van der Waals surface area contributed by atoms with Crippen LogP contribution in [0.2, 0.25) is 0 Å². The van der Waals surface area contributed by atoms with Crippen molar-refractivity contribution < 1.29 is 9.47 Å². The minimum absolute atomic E-state index is 0.239. The largest absolute Gasteiger partial charge is 0.497 e. The number of fused-ring (bicyclic) bond motifs is 1. The van der Waals surface area contributed by atoms with Crippen LogP contribution in [0.1, 0.15) is 24.1 Å². The number of aromatic nitrogens is 1. The summed E-state index contributed by atoms with van der Waals surface area (Å²) >= 11 is 0. The minimum Gasteiger partial charge on any atom is -0.497 e. The van der Waals surface area contributed by atoms with Gasteiger partial charge in [-0.05, 0) is 71.5 Å². The summed E-state index contributed by atoms with van der Waals surface area (Å²) < 4.78 is 10.9. The summed E-state index contributed by atoms with van der Waals surface area (Å²) in [5.41, 5.74) is 5.85. The fraction of sp³-hybridized carbons (Fsp3) is 0.200. The Morgan fingerprint density at radius 3 is 2.48 bits per heavy atom. The molecule has 4 aromatic rings. The van der Waals surface area contributed by atoms with E-state index in [0.29, 0.717) is 0 Å². The number of aromatic amines is 1. The summed E-state index contributed by atoms with van der Waals surface area (Å²) in [6.45, 7) is 2.95. The number of hydrogen-bond acceptors (Lipinski definition) is 3. The highest BCUT2D eigenvalue weighted by Crippen LogP contribution is 2.33. The van der Waals surface area contributed by atoms with Gasteiger partial charge in [0.25, 0.3) is 0 Å². The van der Waals surface area contributed by atoms with Crippen LogP contribution in [-0.2, 0) is 6.54 Å². The number of hydrogen-bond donors (Lipinski definition) is 2. The molecular formula is C25H26N2O2. The van der Waals surface area contributed by atoms with Crippen LogP contribution in [0, 0.1) is 0 Å². The van der Waals surface area contributed by atoms with E-state index in [1.54, 1.807) is 14.2 Å². The third-order valence-corrected chi connectivity index (χ3v) is 5.36. The smallest absolute Gasteiger partial charge is 0.126 e. The van der Waals surface area contributed by atoms with Crippen LogP contribution < -0.4 is 14.8 Å². The zero-order valence-corrected chi connectivity index (χ0v) is 17.0. The van der Waals surface area contributed by atoms with Crippen LogP contribution in [0.25, 0.3) is 22.0 Å². The van der Waals surface area contributed by atoms with Crippen molar-refractivity contribution in [1.82, 2.24) is 10.3 Å². The fourth-order valence-electron chi connectivity index (χ4n) is 3.59. The van der Waals surface area contributed by atoms with Crippen molar-refractivity contribution in [3.63, 3.8) is 0 Å². The van der Waals surface area contributed by atoms with Gasteiger partial charge in [-0.3, -0.25) is 0 Å². The monoisotopic (exact) mass is 386 g/mol. The molecule has 0 radical (unpaired) electrons. The third kappa shape index (κ3) is 4.13. The topological polar surface area (TPSA) is 46.3 Å². The van der Waals surface area contributed by atoms with Gasteiger partial charge in [0.05, 0.1) is 14.2 Å². The standard InChI is InChI=1S/C25H26N2O2/c1-17(19-5-8-22(28-2)9-6-19)27-16-18-4-11-25(29-3)23(14-18)20-7-10-24-21(15-20)12-13-26-24/h4-15,17,26-27H,16H2,1-3H3. The molecule has 0 saturated carbocycles. The summed E-state index contributed by atoms with van der Waals surface area (Å²) in [5.74, 6) is 1.76. The normalized spacial score (nSPS) is 12.1. The summed E-state index contributed by atoms with van der Waals surface area (Å²) in [6.07, 6.45) is 1.96. The molecule has 2 N–H and O–H groups in total. The molecular weight excluding hydrogens is 360 g/mol. The summed E-state index contributed by atoms with van der Waals surface area (Å²) in [7, 11) is 3.41. The first-order valence-electron chi connectivity index (χ1n) is 9.79. The molecule has 3 aromatic carbocycles. The summed E-state index contributed by atoms with van der Waals surface area (Å²) in [5, 5.41) is 4.80. The number of nitrogens with one attached hydrogen (secondary N) is 2. The average Bonchev–Trinajstić information content (AvgIpc) is 3.25. The second-order valence-corrected chi connectivity index (χ2v) is 7.19. The molecule has 0 aliphatic rings. The first kappa shape index (κ1) is 19.1. The molecule has 1 atom stereocenters. The second kappa shape index (κ2) is 8.41. The van der Waals surface area contributed by atoms with Gasteiger partial charge in [-0.25, -0.2) is 0 Å². The maximum Gasteiger partial charge on any atom is 0.126 e. The van der Waals surface area contributed by atoms with E-state index in [0.717, 1.165) is 34.7 Å². The van der Waals surface area contributed by atoms with Crippen LogP contribution in [-0.4, -0.2) is 19.2 Å². The lowest BCUT2D eigenvalue weighted by Crippen LogP contribution is -2.18. The van der Waals surface area contributed by atoms with E-state index in [1.807, 2.05) is 24.4 Å². The van der Waals surface area contributed by atoms with E-state index in [-0.39, 0.29) is 6.04 Å². The third-order valence-electron chi connectivity index (χ3n) is 5.36. The molecule has 4 nitrogen and oxygen atoms in total.